The molecule has 2 aromatic rings. The lowest BCUT2D eigenvalue weighted by Crippen LogP contribution is -2.00. The van der Waals surface area contributed by atoms with Crippen molar-refractivity contribution in [3.63, 3.8) is 0 Å². The fourth-order valence-electron chi connectivity index (χ4n) is 1.44. The van der Waals surface area contributed by atoms with Gasteiger partial charge in [-0.2, -0.15) is 0 Å². The zero-order chi connectivity index (χ0) is 12.3. The summed E-state index contributed by atoms with van der Waals surface area (Å²) in [6.45, 7) is 0. The Kier molecular flexibility index (Phi) is 3.18. The van der Waals surface area contributed by atoms with Gasteiger partial charge < -0.3 is 10.1 Å². The van der Waals surface area contributed by atoms with Crippen LogP contribution < -0.4 is 10.1 Å². The van der Waals surface area contributed by atoms with Gasteiger partial charge >= 0.3 is 0 Å². The normalized spacial score (nSPS) is 10.1. The van der Waals surface area contributed by atoms with Gasteiger partial charge in [0.25, 0.3) is 0 Å². The Morgan fingerprint density at radius 3 is 2.88 bits per heavy atom. The predicted octanol–water partition coefficient (Wildman–Crippen LogP) is 2.33. The van der Waals surface area contributed by atoms with Crippen molar-refractivity contribution < 1.29 is 9.13 Å². The summed E-state index contributed by atoms with van der Waals surface area (Å²) in [5.41, 5.74) is 0.779. The van der Waals surface area contributed by atoms with Crippen molar-refractivity contribution in [1.82, 2.24) is 9.97 Å². The maximum Gasteiger partial charge on any atom is 0.183 e. The summed E-state index contributed by atoms with van der Waals surface area (Å²) in [4.78, 5) is 8.03. The van der Waals surface area contributed by atoms with E-state index in [1.807, 2.05) is 18.2 Å². The van der Waals surface area contributed by atoms with Gasteiger partial charge in [-0.05, 0) is 12.1 Å². The number of rotatable bonds is 3. The Labute approximate surface area is 98.5 Å². The Balaban J connectivity index is 2.45. The van der Waals surface area contributed by atoms with Gasteiger partial charge in [0.2, 0.25) is 0 Å². The second kappa shape index (κ2) is 4.78. The predicted molar refractivity (Wildman–Crippen MR) is 63.5 cm³/mol. The van der Waals surface area contributed by atoms with E-state index in [9.17, 15) is 4.39 Å². The molecule has 1 N–H and O–H groups in total. The van der Waals surface area contributed by atoms with E-state index < -0.39 is 5.82 Å². The molecule has 0 aliphatic carbocycles. The molecule has 4 nitrogen and oxygen atoms in total. The van der Waals surface area contributed by atoms with Gasteiger partial charge in [-0.3, -0.25) is 0 Å². The van der Waals surface area contributed by atoms with Crippen molar-refractivity contribution in [3.8, 4) is 17.1 Å². The summed E-state index contributed by atoms with van der Waals surface area (Å²) >= 11 is 0. The molecule has 88 valence electrons. The highest BCUT2D eigenvalue weighted by molar-refractivity contribution is 5.59. The first kappa shape index (κ1) is 11.3. The number of nitrogens with one attached hydrogen (secondary N) is 1. The molecule has 0 atom stereocenters. The molecule has 17 heavy (non-hydrogen) atoms. The molecule has 0 unspecified atom stereocenters. The zero-order valence-electron chi connectivity index (χ0n) is 9.57. The largest absolute Gasteiger partial charge is 0.497 e. The standard InChI is InChI=1S/C12H12FN3O/c1-14-12-10(13)7-15-11(16-12)8-4-3-5-9(6-8)17-2/h3-7H,1-2H3,(H,14,15,16). The minimum Gasteiger partial charge on any atom is -0.497 e. The SMILES string of the molecule is CNc1nc(-c2cccc(OC)c2)ncc1F. The molecule has 0 radical (unpaired) electrons. The van der Waals surface area contributed by atoms with Crippen molar-refractivity contribution in [2.75, 3.05) is 19.5 Å². The van der Waals surface area contributed by atoms with Crippen LogP contribution in [0.2, 0.25) is 0 Å². The topological polar surface area (TPSA) is 47.0 Å². The number of hydrogen-bond acceptors (Lipinski definition) is 4. The third-order valence-electron chi connectivity index (χ3n) is 2.31. The molecule has 0 saturated carbocycles. The van der Waals surface area contributed by atoms with Crippen molar-refractivity contribution >= 4 is 5.82 Å². The van der Waals surface area contributed by atoms with E-state index in [4.69, 9.17) is 4.74 Å². The van der Waals surface area contributed by atoms with Gasteiger partial charge in [-0.1, -0.05) is 12.1 Å². The van der Waals surface area contributed by atoms with E-state index in [0.717, 1.165) is 11.8 Å². The van der Waals surface area contributed by atoms with Gasteiger partial charge in [0.05, 0.1) is 13.3 Å². The lowest BCUT2D eigenvalue weighted by atomic mass is 10.2. The highest BCUT2D eigenvalue weighted by Crippen LogP contribution is 2.22. The second-order valence-corrected chi connectivity index (χ2v) is 3.37. The van der Waals surface area contributed by atoms with Gasteiger partial charge in [-0.25, -0.2) is 14.4 Å². The Hall–Kier alpha value is -2.17. The number of ether oxygens (including phenoxy) is 1. The summed E-state index contributed by atoms with van der Waals surface area (Å²) in [5.74, 6) is 0.869. The fraction of sp³-hybridized carbons (Fsp3) is 0.167. The van der Waals surface area contributed by atoms with Crippen molar-refractivity contribution in [1.29, 1.82) is 0 Å². The third kappa shape index (κ3) is 2.33. The van der Waals surface area contributed by atoms with Gasteiger partial charge in [-0.15, -0.1) is 0 Å². The Morgan fingerprint density at radius 2 is 2.18 bits per heavy atom. The average Bonchev–Trinajstić information content (AvgIpc) is 2.39. The molecule has 0 aliphatic rings. The Morgan fingerprint density at radius 1 is 1.35 bits per heavy atom. The number of aromatic nitrogens is 2. The van der Waals surface area contributed by atoms with Gasteiger partial charge in [0.1, 0.15) is 5.75 Å². The summed E-state index contributed by atoms with van der Waals surface area (Å²) in [6.07, 6.45) is 1.15. The summed E-state index contributed by atoms with van der Waals surface area (Å²) in [6, 6.07) is 7.30. The van der Waals surface area contributed by atoms with E-state index in [0.29, 0.717) is 11.6 Å². The van der Waals surface area contributed by atoms with Crippen LogP contribution in [0, 0.1) is 5.82 Å². The molecular formula is C12H12FN3O. The lowest BCUT2D eigenvalue weighted by Gasteiger charge is -2.05. The molecule has 0 saturated heterocycles. The quantitative estimate of drug-likeness (QED) is 0.883. The van der Waals surface area contributed by atoms with Crippen molar-refractivity contribution in [2.45, 2.75) is 0 Å². The van der Waals surface area contributed by atoms with E-state index in [1.54, 1.807) is 20.2 Å². The maximum absolute atomic E-state index is 13.2. The van der Waals surface area contributed by atoms with E-state index in [2.05, 4.69) is 15.3 Å². The molecule has 0 bridgehead atoms. The highest BCUT2D eigenvalue weighted by Gasteiger charge is 2.07. The molecule has 1 heterocycles. The zero-order valence-corrected chi connectivity index (χ0v) is 9.57. The lowest BCUT2D eigenvalue weighted by molar-refractivity contribution is 0.415. The number of nitrogens with zero attached hydrogens (tertiary/aromatic N) is 2. The van der Waals surface area contributed by atoms with Gasteiger partial charge in [0.15, 0.2) is 17.5 Å². The van der Waals surface area contributed by atoms with E-state index in [1.165, 1.54) is 0 Å². The first-order valence-corrected chi connectivity index (χ1v) is 5.09. The smallest absolute Gasteiger partial charge is 0.183 e. The van der Waals surface area contributed by atoms with Crippen LogP contribution in [0.5, 0.6) is 5.75 Å². The van der Waals surface area contributed by atoms with Crippen LogP contribution in [0.15, 0.2) is 30.5 Å². The number of anilines is 1. The number of hydrogen-bond donors (Lipinski definition) is 1. The molecule has 5 heteroatoms. The molecule has 1 aromatic carbocycles. The van der Waals surface area contributed by atoms with Crippen LogP contribution >= 0.6 is 0 Å². The average molecular weight is 233 g/mol. The van der Waals surface area contributed by atoms with E-state index in [-0.39, 0.29) is 5.82 Å². The van der Waals surface area contributed by atoms with Crippen LogP contribution in [-0.2, 0) is 0 Å². The first-order chi connectivity index (χ1) is 8.24. The Bertz CT molecular complexity index is 531. The maximum atomic E-state index is 13.2. The minimum atomic E-state index is -0.473. The fourth-order valence-corrected chi connectivity index (χ4v) is 1.44. The molecule has 0 fully saturated rings. The molecule has 0 spiro atoms. The molecule has 2 rings (SSSR count). The van der Waals surface area contributed by atoms with Crippen molar-refractivity contribution in [3.05, 3.63) is 36.3 Å². The molecule has 0 aliphatic heterocycles. The number of benzene rings is 1. The second-order valence-electron chi connectivity index (χ2n) is 3.37. The summed E-state index contributed by atoms with van der Waals surface area (Å²) in [5, 5.41) is 2.68. The van der Waals surface area contributed by atoms with Crippen LogP contribution in [0.3, 0.4) is 0 Å². The molecular weight excluding hydrogens is 221 g/mol. The minimum absolute atomic E-state index is 0.179. The van der Waals surface area contributed by atoms with Crippen LogP contribution in [0.25, 0.3) is 11.4 Å². The summed E-state index contributed by atoms with van der Waals surface area (Å²) < 4.78 is 18.3. The van der Waals surface area contributed by atoms with Crippen molar-refractivity contribution in [2.24, 2.45) is 0 Å². The van der Waals surface area contributed by atoms with Gasteiger partial charge in [0, 0.05) is 12.6 Å². The van der Waals surface area contributed by atoms with Crippen LogP contribution in [0.4, 0.5) is 10.2 Å². The van der Waals surface area contributed by atoms with Crippen LogP contribution in [0.1, 0.15) is 0 Å². The number of methoxy groups -OCH3 is 1. The molecule has 0 amide bonds. The van der Waals surface area contributed by atoms with E-state index >= 15 is 0 Å². The number of halogens is 1. The molecule has 1 aromatic heterocycles. The highest BCUT2D eigenvalue weighted by atomic mass is 19.1. The van der Waals surface area contributed by atoms with Crippen LogP contribution in [-0.4, -0.2) is 24.1 Å². The summed E-state index contributed by atoms with van der Waals surface area (Å²) in [7, 11) is 3.20. The first-order valence-electron chi connectivity index (χ1n) is 5.09. The third-order valence-corrected chi connectivity index (χ3v) is 2.31. The monoisotopic (exact) mass is 233 g/mol.